The number of rotatable bonds is 4. The van der Waals surface area contributed by atoms with E-state index in [4.69, 9.17) is 9.84 Å². The highest BCUT2D eigenvalue weighted by atomic mass is 16.5. The SMILES string of the molecule is CC(C)(C)CC(CC(=O)O)NC(=O)N1CCOC(C)(C)C1. The summed E-state index contributed by atoms with van der Waals surface area (Å²) in [5, 5.41) is 11.9. The van der Waals surface area contributed by atoms with Crippen molar-refractivity contribution in [3.63, 3.8) is 0 Å². The van der Waals surface area contributed by atoms with Gasteiger partial charge >= 0.3 is 12.0 Å². The van der Waals surface area contributed by atoms with Gasteiger partial charge in [-0.25, -0.2) is 4.79 Å². The number of amides is 2. The van der Waals surface area contributed by atoms with Crippen LogP contribution in [0.25, 0.3) is 0 Å². The Bertz CT molecular complexity index is 388. The van der Waals surface area contributed by atoms with E-state index in [1.54, 1.807) is 4.90 Å². The summed E-state index contributed by atoms with van der Waals surface area (Å²) in [7, 11) is 0. The van der Waals surface area contributed by atoms with E-state index in [1.165, 1.54) is 0 Å². The number of hydrogen-bond donors (Lipinski definition) is 2. The fourth-order valence-electron chi connectivity index (χ4n) is 2.58. The second-order valence-corrected chi connectivity index (χ2v) is 7.54. The van der Waals surface area contributed by atoms with Crippen molar-refractivity contribution in [3.05, 3.63) is 0 Å². The number of aliphatic carboxylic acids is 1. The van der Waals surface area contributed by atoms with Crippen molar-refractivity contribution in [3.8, 4) is 0 Å². The average molecular weight is 300 g/mol. The third kappa shape index (κ3) is 6.80. The summed E-state index contributed by atoms with van der Waals surface area (Å²) in [6.07, 6.45) is 0.565. The third-order valence-electron chi connectivity index (χ3n) is 3.32. The van der Waals surface area contributed by atoms with E-state index >= 15 is 0 Å². The van der Waals surface area contributed by atoms with Crippen LogP contribution in [0.5, 0.6) is 0 Å². The molecule has 0 aromatic heterocycles. The van der Waals surface area contributed by atoms with Crippen LogP contribution in [0.3, 0.4) is 0 Å². The molecule has 1 saturated heterocycles. The number of morpholine rings is 1. The predicted octanol–water partition coefficient (Wildman–Crippen LogP) is 2.09. The molecule has 1 aliphatic heterocycles. The van der Waals surface area contributed by atoms with Gasteiger partial charge in [-0.1, -0.05) is 20.8 Å². The fraction of sp³-hybridized carbons (Fsp3) is 0.867. The van der Waals surface area contributed by atoms with E-state index in [9.17, 15) is 9.59 Å². The van der Waals surface area contributed by atoms with Gasteiger partial charge in [-0.05, 0) is 25.7 Å². The Morgan fingerprint density at radius 3 is 2.48 bits per heavy atom. The molecule has 6 heteroatoms. The molecule has 1 heterocycles. The van der Waals surface area contributed by atoms with Crippen LogP contribution < -0.4 is 5.32 Å². The topological polar surface area (TPSA) is 78.9 Å². The molecule has 1 aliphatic rings. The summed E-state index contributed by atoms with van der Waals surface area (Å²) in [5.41, 5.74) is -0.403. The number of carboxylic acid groups (broad SMARTS) is 1. The fourth-order valence-corrected chi connectivity index (χ4v) is 2.58. The Kier molecular flexibility index (Phi) is 5.61. The summed E-state index contributed by atoms with van der Waals surface area (Å²) >= 11 is 0. The Hall–Kier alpha value is -1.30. The molecular weight excluding hydrogens is 272 g/mol. The largest absolute Gasteiger partial charge is 0.481 e. The van der Waals surface area contributed by atoms with Crippen LogP contribution in [-0.2, 0) is 9.53 Å². The number of urea groups is 1. The molecule has 0 bridgehead atoms. The Labute approximate surface area is 126 Å². The van der Waals surface area contributed by atoms with Crippen molar-refractivity contribution in [2.24, 2.45) is 5.41 Å². The van der Waals surface area contributed by atoms with Gasteiger partial charge in [-0.2, -0.15) is 0 Å². The van der Waals surface area contributed by atoms with Gasteiger partial charge < -0.3 is 20.1 Å². The van der Waals surface area contributed by atoms with Crippen LogP contribution in [0.2, 0.25) is 0 Å². The maximum atomic E-state index is 12.3. The summed E-state index contributed by atoms with van der Waals surface area (Å²) in [6.45, 7) is 11.5. The van der Waals surface area contributed by atoms with Crippen molar-refractivity contribution in [1.29, 1.82) is 0 Å². The summed E-state index contributed by atoms with van der Waals surface area (Å²) in [5.74, 6) is -0.896. The quantitative estimate of drug-likeness (QED) is 0.833. The molecule has 1 unspecified atom stereocenters. The highest BCUT2D eigenvalue weighted by molar-refractivity contribution is 5.76. The highest BCUT2D eigenvalue weighted by Gasteiger charge is 2.31. The molecule has 1 fully saturated rings. The zero-order valence-corrected chi connectivity index (χ0v) is 13.7. The average Bonchev–Trinajstić information content (AvgIpc) is 2.23. The molecule has 122 valence electrons. The first-order chi connectivity index (χ1) is 9.48. The van der Waals surface area contributed by atoms with Gasteiger partial charge in [0.15, 0.2) is 0 Å². The van der Waals surface area contributed by atoms with Crippen LogP contribution in [-0.4, -0.2) is 53.3 Å². The molecule has 0 aromatic rings. The number of carbonyl (C=O) groups excluding carboxylic acids is 1. The summed E-state index contributed by atoms with van der Waals surface area (Å²) < 4.78 is 5.58. The molecule has 1 atom stereocenters. The predicted molar refractivity (Wildman–Crippen MR) is 80.2 cm³/mol. The number of nitrogens with zero attached hydrogens (tertiary/aromatic N) is 1. The molecule has 0 aromatic carbocycles. The van der Waals surface area contributed by atoms with E-state index in [-0.39, 0.29) is 29.5 Å². The summed E-state index contributed by atoms with van der Waals surface area (Å²) in [4.78, 5) is 25.0. The normalized spacial score (nSPS) is 20.0. The lowest BCUT2D eigenvalue weighted by Gasteiger charge is -2.39. The van der Waals surface area contributed by atoms with Gasteiger partial charge in [0.1, 0.15) is 0 Å². The van der Waals surface area contributed by atoms with Crippen molar-refractivity contribution in [2.75, 3.05) is 19.7 Å². The Balaban J connectivity index is 2.64. The lowest BCUT2D eigenvalue weighted by atomic mass is 9.87. The highest BCUT2D eigenvalue weighted by Crippen LogP contribution is 2.23. The van der Waals surface area contributed by atoms with E-state index in [2.05, 4.69) is 5.32 Å². The minimum atomic E-state index is -0.896. The number of carboxylic acids is 1. The zero-order chi connectivity index (χ0) is 16.3. The van der Waals surface area contributed by atoms with E-state index in [1.807, 2.05) is 34.6 Å². The minimum absolute atomic E-state index is 0.0440. The maximum absolute atomic E-state index is 12.3. The van der Waals surface area contributed by atoms with E-state index in [0.717, 1.165) is 0 Å². The third-order valence-corrected chi connectivity index (χ3v) is 3.32. The Morgan fingerprint density at radius 2 is 2.00 bits per heavy atom. The van der Waals surface area contributed by atoms with Crippen LogP contribution in [0.1, 0.15) is 47.5 Å². The molecule has 6 nitrogen and oxygen atoms in total. The molecule has 0 radical (unpaired) electrons. The lowest BCUT2D eigenvalue weighted by molar-refractivity contribution is -0.137. The van der Waals surface area contributed by atoms with Gasteiger partial charge in [0.25, 0.3) is 0 Å². The van der Waals surface area contributed by atoms with Gasteiger partial charge in [0, 0.05) is 12.6 Å². The first-order valence-electron chi connectivity index (χ1n) is 7.40. The van der Waals surface area contributed by atoms with Gasteiger partial charge in [-0.3, -0.25) is 4.79 Å². The van der Waals surface area contributed by atoms with Crippen LogP contribution >= 0.6 is 0 Å². The molecule has 1 rings (SSSR count). The van der Waals surface area contributed by atoms with Crippen LogP contribution in [0.4, 0.5) is 4.79 Å². The van der Waals surface area contributed by atoms with E-state index < -0.39 is 5.97 Å². The smallest absolute Gasteiger partial charge is 0.317 e. The molecule has 0 aliphatic carbocycles. The van der Waals surface area contributed by atoms with Gasteiger partial charge in [-0.15, -0.1) is 0 Å². The van der Waals surface area contributed by atoms with Crippen molar-refractivity contribution < 1.29 is 19.4 Å². The second-order valence-electron chi connectivity index (χ2n) is 7.54. The standard InChI is InChI=1S/C15H28N2O4/c1-14(2,3)9-11(8-12(18)19)16-13(20)17-6-7-21-15(4,5)10-17/h11H,6-10H2,1-5H3,(H,16,20)(H,18,19). The number of nitrogens with one attached hydrogen (secondary N) is 1. The number of hydrogen-bond acceptors (Lipinski definition) is 3. The molecule has 0 spiro atoms. The molecule has 2 N–H and O–H groups in total. The van der Waals surface area contributed by atoms with Crippen molar-refractivity contribution in [1.82, 2.24) is 10.2 Å². The zero-order valence-electron chi connectivity index (χ0n) is 13.7. The van der Waals surface area contributed by atoms with Gasteiger partial charge in [0.2, 0.25) is 0 Å². The van der Waals surface area contributed by atoms with Crippen molar-refractivity contribution >= 4 is 12.0 Å². The number of ether oxygens (including phenoxy) is 1. The molecule has 2 amide bonds. The van der Waals surface area contributed by atoms with Crippen LogP contribution in [0.15, 0.2) is 0 Å². The second kappa shape index (κ2) is 6.64. The maximum Gasteiger partial charge on any atom is 0.317 e. The van der Waals surface area contributed by atoms with Crippen LogP contribution in [0, 0.1) is 5.41 Å². The first-order valence-corrected chi connectivity index (χ1v) is 7.40. The van der Waals surface area contributed by atoms with Gasteiger partial charge in [0.05, 0.1) is 25.2 Å². The number of carbonyl (C=O) groups is 2. The van der Waals surface area contributed by atoms with Crippen molar-refractivity contribution in [2.45, 2.75) is 59.1 Å². The Morgan fingerprint density at radius 1 is 1.38 bits per heavy atom. The van der Waals surface area contributed by atoms with E-state index in [0.29, 0.717) is 26.1 Å². The molecular formula is C15H28N2O4. The monoisotopic (exact) mass is 300 g/mol. The minimum Gasteiger partial charge on any atom is -0.481 e. The first kappa shape index (κ1) is 17.8. The molecule has 0 saturated carbocycles. The molecule has 21 heavy (non-hydrogen) atoms. The lowest BCUT2D eigenvalue weighted by Crippen LogP contribution is -2.55. The summed E-state index contributed by atoms with van der Waals surface area (Å²) in [6, 6.07) is -0.567.